The lowest BCUT2D eigenvalue weighted by atomic mass is 10.1. The Kier molecular flexibility index (Phi) is 5.20. The second-order valence-corrected chi connectivity index (χ2v) is 6.97. The number of nitrogens with zero attached hydrogens (tertiary/aromatic N) is 3. The Labute approximate surface area is 169 Å². The van der Waals surface area contributed by atoms with Gasteiger partial charge in [0.1, 0.15) is 11.5 Å². The van der Waals surface area contributed by atoms with Crippen molar-refractivity contribution in [2.45, 2.75) is 26.2 Å². The quantitative estimate of drug-likeness (QED) is 0.631. The fourth-order valence-electron chi connectivity index (χ4n) is 3.50. The highest BCUT2D eigenvalue weighted by molar-refractivity contribution is 5.97. The topological polar surface area (TPSA) is 77.7 Å². The molecule has 1 aliphatic heterocycles. The van der Waals surface area contributed by atoms with Crippen LogP contribution in [0.25, 0.3) is 11.4 Å². The molecule has 1 fully saturated rings. The van der Waals surface area contributed by atoms with Crippen molar-refractivity contribution in [3.8, 4) is 22.9 Å². The summed E-state index contributed by atoms with van der Waals surface area (Å²) in [6.45, 7) is 5.03. The molecule has 1 unspecified atom stereocenters. The Balaban J connectivity index is 1.53. The van der Waals surface area contributed by atoms with Crippen LogP contribution in [-0.2, 0) is 4.79 Å². The minimum Gasteiger partial charge on any atom is -0.497 e. The number of benzene rings is 2. The number of aromatic nitrogens is 2. The van der Waals surface area contributed by atoms with Gasteiger partial charge in [-0.25, -0.2) is 0 Å². The largest absolute Gasteiger partial charge is 0.497 e. The molecule has 1 atom stereocenters. The number of rotatable bonds is 6. The second-order valence-electron chi connectivity index (χ2n) is 6.97. The van der Waals surface area contributed by atoms with E-state index in [1.807, 2.05) is 56.3 Å². The van der Waals surface area contributed by atoms with Gasteiger partial charge in [0.15, 0.2) is 0 Å². The first-order chi connectivity index (χ1) is 14.1. The summed E-state index contributed by atoms with van der Waals surface area (Å²) in [4.78, 5) is 19.0. The molecule has 7 heteroatoms. The minimum absolute atomic E-state index is 0.0344. The molecule has 0 radical (unpaired) electrons. The van der Waals surface area contributed by atoms with Crippen LogP contribution in [0.1, 0.15) is 30.7 Å². The van der Waals surface area contributed by atoms with Crippen LogP contribution in [0.2, 0.25) is 0 Å². The smallest absolute Gasteiger partial charge is 0.232 e. The van der Waals surface area contributed by atoms with Crippen molar-refractivity contribution in [2.75, 3.05) is 25.2 Å². The predicted octanol–water partition coefficient (Wildman–Crippen LogP) is 3.97. The monoisotopic (exact) mass is 393 g/mol. The SMILES string of the molecule is CCOc1ccc(-c2noc(C3CC(=O)N(c4cc(OC)ccc4C)C3)n2)cc1. The molecule has 0 aliphatic carbocycles. The zero-order valence-electron chi connectivity index (χ0n) is 16.7. The van der Waals surface area contributed by atoms with Crippen LogP contribution in [0, 0.1) is 6.92 Å². The molecule has 7 nitrogen and oxygen atoms in total. The van der Waals surface area contributed by atoms with Gasteiger partial charge in [-0.2, -0.15) is 4.98 Å². The molecular weight excluding hydrogens is 370 g/mol. The van der Waals surface area contributed by atoms with Crippen LogP contribution in [0.5, 0.6) is 11.5 Å². The van der Waals surface area contributed by atoms with Crippen LogP contribution in [-0.4, -0.2) is 36.3 Å². The molecule has 1 amide bonds. The number of hydrogen-bond acceptors (Lipinski definition) is 6. The van der Waals surface area contributed by atoms with E-state index in [9.17, 15) is 4.79 Å². The third-order valence-corrected chi connectivity index (χ3v) is 5.05. The predicted molar refractivity (Wildman–Crippen MR) is 108 cm³/mol. The van der Waals surface area contributed by atoms with Gasteiger partial charge in [-0.05, 0) is 49.7 Å². The van der Waals surface area contributed by atoms with E-state index in [0.29, 0.717) is 31.3 Å². The normalized spacial score (nSPS) is 16.3. The zero-order chi connectivity index (χ0) is 20.4. The van der Waals surface area contributed by atoms with E-state index in [2.05, 4.69) is 10.1 Å². The van der Waals surface area contributed by atoms with E-state index in [1.165, 1.54) is 0 Å². The van der Waals surface area contributed by atoms with Gasteiger partial charge in [0, 0.05) is 24.6 Å². The van der Waals surface area contributed by atoms with E-state index in [0.717, 1.165) is 28.3 Å². The molecule has 150 valence electrons. The van der Waals surface area contributed by atoms with Crippen LogP contribution in [0.3, 0.4) is 0 Å². The van der Waals surface area contributed by atoms with Gasteiger partial charge in [-0.1, -0.05) is 11.2 Å². The number of aryl methyl sites for hydroxylation is 1. The van der Waals surface area contributed by atoms with Gasteiger partial charge < -0.3 is 18.9 Å². The van der Waals surface area contributed by atoms with Crippen LogP contribution in [0.4, 0.5) is 5.69 Å². The summed E-state index contributed by atoms with van der Waals surface area (Å²) >= 11 is 0. The highest BCUT2D eigenvalue weighted by Crippen LogP contribution is 2.35. The summed E-state index contributed by atoms with van der Waals surface area (Å²) in [7, 11) is 1.62. The second kappa shape index (κ2) is 7.95. The fraction of sp³-hybridized carbons (Fsp3) is 0.318. The Morgan fingerprint density at radius 3 is 2.66 bits per heavy atom. The lowest BCUT2D eigenvalue weighted by Gasteiger charge is -2.19. The Morgan fingerprint density at radius 2 is 1.93 bits per heavy atom. The fourth-order valence-corrected chi connectivity index (χ4v) is 3.50. The van der Waals surface area contributed by atoms with Crippen molar-refractivity contribution in [1.82, 2.24) is 10.1 Å². The maximum absolute atomic E-state index is 12.7. The third-order valence-electron chi connectivity index (χ3n) is 5.05. The van der Waals surface area contributed by atoms with Gasteiger partial charge in [0.2, 0.25) is 17.6 Å². The zero-order valence-corrected chi connectivity index (χ0v) is 16.7. The van der Waals surface area contributed by atoms with Gasteiger partial charge in [0.25, 0.3) is 0 Å². The average molecular weight is 393 g/mol. The van der Waals surface area contributed by atoms with Crippen LogP contribution in [0.15, 0.2) is 47.0 Å². The van der Waals surface area contributed by atoms with Gasteiger partial charge in [-0.3, -0.25) is 4.79 Å². The molecule has 0 spiro atoms. The standard InChI is InChI=1S/C22H23N3O4/c1-4-28-17-9-6-15(7-10-17)21-23-22(29-24-21)16-11-20(26)25(13-16)19-12-18(27-3)8-5-14(19)2/h5-10,12,16H,4,11,13H2,1-3H3. The molecular formula is C22H23N3O4. The summed E-state index contributed by atoms with van der Waals surface area (Å²) < 4.78 is 16.3. The molecule has 29 heavy (non-hydrogen) atoms. The van der Waals surface area contributed by atoms with Gasteiger partial charge in [0.05, 0.1) is 25.3 Å². The molecule has 1 saturated heterocycles. The summed E-state index contributed by atoms with van der Waals surface area (Å²) in [5, 5.41) is 4.10. The van der Waals surface area contributed by atoms with E-state index in [-0.39, 0.29) is 11.8 Å². The maximum atomic E-state index is 12.7. The highest BCUT2D eigenvalue weighted by Gasteiger charge is 2.36. The summed E-state index contributed by atoms with van der Waals surface area (Å²) in [5.74, 6) is 2.39. The summed E-state index contributed by atoms with van der Waals surface area (Å²) in [5.41, 5.74) is 2.71. The van der Waals surface area contributed by atoms with Crippen molar-refractivity contribution in [3.63, 3.8) is 0 Å². The molecule has 1 aliphatic rings. The summed E-state index contributed by atoms with van der Waals surface area (Å²) in [6.07, 6.45) is 0.335. The van der Waals surface area contributed by atoms with Crippen molar-refractivity contribution >= 4 is 11.6 Å². The van der Waals surface area contributed by atoms with Crippen molar-refractivity contribution in [3.05, 3.63) is 53.9 Å². The number of anilines is 1. The first kappa shape index (κ1) is 19.0. The van der Waals surface area contributed by atoms with E-state index in [1.54, 1.807) is 12.0 Å². The molecule has 1 aromatic heterocycles. The summed E-state index contributed by atoms with van der Waals surface area (Å²) in [6, 6.07) is 13.3. The van der Waals surface area contributed by atoms with E-state index >= 15 is 0 Å². The number of carbonyl (C=O) groups is 1. The average Bonchev–Trinajstić information content (AvgIpc) is 3.36. The van der Waals surface area contributed by atoms with Gasteiger partial charge >= 0.3 is 0 Å². The van der Waals surface area contributed by atoms with Crippen LogP contribution < -0.4 is 14.4 Å². The Morgan fingerprint density at radius 1 is 1.17 bits per heavy atom. The molecule has 0 saturated carbocycles. The number of carbonyl (C=O) groups excluding carboxylic acids is 1. The number of hydrogen-bond donors (Lipinski definition) is 0. The van der Waals surface area contributed by atoms with Crippen LogP contribution >= 0.6 is 0 Å². The van der Waals surface area contributed by atoms with E-state index in [4.69, 9.17) is 14.0 Å². The molecule has 2 aromatic carbocycles. The number of methoxy groups -OCH3 is 1. The Hall–Kier alpha value is -3.35. The van der Waals surface area contributed by atoms with E-state index < -0.39 is 0 Å². The molecule has 3 aromatic rings. The molecule has 4 rings (SSSR count). The highest BCUT2D eigenvalue weighted by atomic mass is 16.5. The van der Waals surface area contributed by atoms with Crippen molar-refractivity contribution in [2.24, 2.45) is 0 Å². The Bertz CT molecular complexity index is 1010. The number of amides is 1. The maximum Gasteiger partial charge on any atom is 0.232 e. The first-order valence-electron chi connectivity index (χ1n) is 9.61. The van der Waals surface area contributed by atoms with Crippen molar-refractivity contribution in [1.29, 1.82) is 0 Å². The molecule has 2 heterocycles. The third kappa shape index (κ3) is 3.81. The lowest BCUT2D eigenvalue weighted by Crippen LogP contribution is -2.25. The lowest BCUT2D eigenvalue weighted by molar-refractivity contribution is -0.117. The number of ether oxygens (including phenoxy) is 2. The molecule has 0 N–H and O–H groups in total. The molecule has 0 bridgehead atoms. The first-order valence-corrected chi connectivity index (χ1v) is 9.61. The van der Waals surface area contributed by atoms with Crippen molar-refractivity contribution < 1.29 is 18.8 Å². The van der Waals surface area contributed by atoms with Gasteiger partial charge in [-0.15, -0.1) is 0 Å². The minimum atomic E-state index is -0.142.